The summed E-state index contributed by atoms with van der Waals surface area (Å²) in [4.78, 5) is 92.1. The standard InChI is InChI=1S/C42H57N7O8/c1-7-11-31(35(50)40(54)45-28-16-17-28)46-38(52)33-22-30(57-29-18-14-26(15-19-29)25(2)56-6)24-49(33)41(55)36(42(3,4)5)48-39(53)34(27-12-9-8-10-13-27)47-37(51)32-23-43-20-21-44-32/h14-15,18-21,23,27-28,30-31,33-34,36H,2,7-13,16-17,22,24H2,1,3-6H3,(H,45,54)(H,46,52)(H,47,51)(H,48,53)/t30-,31+,33+,34+,36-/m1/s1. The summed E-state index contributed by atoms with van der Waals surface area (Å²) in [6, 6.07) is 2.75. The lowest BCUT2D eigenvalue weighted by atomic mass is 9.82. The lowest BCUT2D eigenvalue weighted by Gasteiger charge is -2.37. The summed E-state index contributed by atoms with van der Waals surface area (Å²) in [5, 5.41) is 11.3. The second-order valence-corrected chi connectivity index (χ2v) is 16.3. The van der Waals surface area contributed by atoms with Crippen LogP contribution in [0.1, 0.15) is 108 Å². The van der Waals surface area contributed by atoms with Crippen molar-refractivity contribution in [3.63, 3.8) is 0 Å². The minimum absolute atomic E-state index is 0.00404. The number of ketones is 1. The number of hydrogen-bond acceptors (Lipinski definition) is 10. The zero-order chi connectivity index (χ0) is 41.3. The smallest absolute Gasteiger partial charge is 0.289 e. The van der Waals surface area contributed by atoms with E-state index >= 15 is 0 Å². The first-order valence-corrected chi connectivity index (χ1v) is 20.0. The molecule has 5 atom stereocenters. The van der Waals surface area contributed by atoms with E-state index in [1.165, 1.54) is 30.6 Å². The average Bonchev–Trinajstić information content (AvgIpc) is 3.93. The highest BCUT2D eigenvalue weighted by molar-refractivity contribution is 6.38. The predicted octanol–water partition coefficient (Wildman–Crippen LogP) is 3.48. The molecule has 2 aromatic rings. The Bertz CT molecular complexity index is 1770. The Labute approximate surface area is 334 Å². The van der Waals surface area contributed by atoms with Crippen molar-refractivity contribution in [1.29, 1.82) is 0 Å². The van der Waals surface area contributed by atoms with Gasteiger partial charge in [-0.2, -0.15) is 0 Å². The lowest BCUT2D eigenvalue weighted by molar-refractivity contribution is -0.145. The van der Waals surface area contributed by atoms with Crippen LogP contribution in [-0.2, 0) is 28.7 Å². The van der Waals surface area contributed by atoms with Gasteiger partial charge in [-0.25, -0.2) is 4.98 Å². The summed E-state index contributed by atoms with van der Waals surface area (Å²) < 4.78 is 11.6. The molecule has 0 bridgehead atoms. The van der Waals surface area contributed by atoms with Gasteiger partial charge in [0, 0.05) is 30.4 Å². The van der Waals surface area contributed by atoms with Crippen molar-refractivity contribution < 1.29 is 38.2 Å². The van der Waals surface area contributed by atoms with Gasteiger partial charge in [-0.3, -0.25) is 33.8 Å². The van der Waals surface area contributed by atoms with Crippen LogP contribution in [0.25, 0.3) is 5.76 Å². The molecule has 1 aromatic carbocycles. The van der Waals surface area contributed by atoms with E-state index in [2.05, 4.69) is 37.8 Å². The molecule has 2 saturated carbocycles. The molecule has 1 aliphatic heterocycles. The fourth-order valence-electron chi connectivity index (χ4n) is 7.42. The number of amides is 5. The Morgan fingerprint density at radius 2 is 1.65 bits per heavy atom. The number of Topliss-reactive ketones (excluding diaryl/α,β-unsaturated/α-hetero) is 1. The Kier molecular flexibility index (Phi) is 14.4. The normalized spacial score (nSPS) is 20.0. The van der Waals surface area contributed by atoms with Gasteiger partial charge in [0.15, 0.2) is 0 Å². The molecule has 0 radical (unpaired) electrons. The van der Waals surface area contributed by atoms with E-state index in [0.717, 1.165) is 50.5 Å². The Hall–Kier alpha value is -5.34. The van der Waals surface area contributed by atoms with Gasteiger partial charge in [0.1, 0.15) is 41.4 Å². The number of nitrogens with zero attached hydrogens (tertiary/aromatic N) is 3. The number of ether oxygens (including phenoxy) is 2. The summed E-state index contributed by atoms with van der Waals surface area (Å²) in [5.41, 5.74) is -0.0274. The maximum atomic E-state index is 14.8. The molecule has 3 fully saturated rings. The van der Waals surface area contributed by atoms with Crippen molar-refractivity contribution in [2.24, 2.45) is 11.3 Å². The van der Waals surface area contributed by atoms with Gasteiger partial charge in [0.05, 0.1) is 25.9 Å². The third-order valence-corrected chi connectivity index (χ3v) is 10.8. The minimum atomic E-state index is -1.13. The summed E-state index contributed by atoms with van der Waals surface area (Å²) in [6.45, 7) is 11.2. The van der Waals surface area contributed by atoms with Crippen molar-refractivity contribution >= 4 is 41.1 Å². The van der Waals surface area contributed by atoms with Crippen LogP contribution in [0.5, 0.6) is 5.75 Å². The molecular formula is C42H57N7O8. The topological polar surface area (TPSA) is 198 Å². The molecule has 57 heavy (non-hydrogen) atoms. The molecule has 1 aromatic heterocycles. The van der Waals surface area contributed by atoms with Gasteiger partial charge in [-0.1, -0.05) is 60.0 Å². The van der Waals surface area contributed by atoms with Gasteiger partial charge in [-0.15, -0.1) is 0 Å². The van der Waals surface area contributed by atoms with Crippen LogP contribution in [0.3, 0.4) is 0 Å². The maximum absolute atomic E-state index is 14.8. The summed E-state index contributed by atoms with van der Waals surface area (Å²) in [5.74, 6) is -2.89. The lowest BCUT2D eigenvalue weighted by Crippen LogP contribution is -2.62. The molecule has 1 saturated heterocycles. The van der Waals surface area contributed by atoms with Crippen LogP contribution in [0.2, 0.25) is 0 Å². The van der Waals surface area contributed by atoms with Crippen LogP contribution < -0.4 is 26.0 Å². The van der Waals surface area contributed by atoms with Crippen molar-refractivity contribution in [2.75, 3.05) is 13.7 Å². The van der Waals surface area contributed by atoms with Crippen LogP contribution in [0.15, 0.2) is 49.4 Å². The first-order chi connectivity index (χ1) is 27.2. The van der Waals surface area contributed by atoms with Crippen LogP contribution in [-0.4, -0.2) is 100 Å². The molecule has 0 unspecified atom stereocenters. The van der Waals surface area contributed by atoms with E-state index in [1.54, 1.807) is 24.3 Å². The van der Waals surface area contributed by atoms with Gasteiger partial charge in [0.2, 0.25) is 23.5 Å². The highest BCUT2D eigenvalue weighted by atomic mass is 16.5. The average molecular weight is 788 g/mol. The number of rotatable bonds is 17. The van der Waals surface area contributed by atoms with Gasteiger partial charge >= 0.3 is 0 Å². The molecule has 2 heterocycles. The molecule has 15 nitrogen and oxygen atoms in total. The second-order valence-electron chi connectivity index (χ2n) is 16.3. The molecule has 15 heteroatoms. The quantitative estimate of drug-likeness (QED) is 0.136. The van der Waals surface area contributed by atoms with Crippen molar-refractivity contribution in [3.8, 4) is 5.75 Å². The number of likely N-dealkylation sites (tertiary alicyclic amines) is 1. The predicted molar refractivity (Wildman–Crippen MR) is 211 cm³/mol. The Morgan fingerprint density at radius 3 is 2.25 bits per heavy atom. The molecular weight excluding hydrogens is 731 g/mol. The maximum Gasteiger partial charge on any atom is 0.289 e. The van der Waals surface area contributed by atoms with Crippen LogP contribution >= 0.6 is 0 Å². The fraction of sp³-hybridized carbons (Fsp3) is 0.571. The summed E-state index contributed by atoms with van der Waals surface area (Å²) in [6.07, 6.45) is 10.2. The van der Waals surface area contributed by atoms with E-state index < -0.39 is 71.0 Å². The van der Waals surface area contributed by atoms with Crippen molar-refractivity contribution in [1.82, 2.24) is 36.1 Å². The third kappa shape index (κ3) is 11.4. The monoisotopic (exact) mass is 787 g/mol. The number of aromatic nitrogens is 2. The second kappa shape index (κ2) is 19.2. The van der Waals surface area contributed by atoms with Gasteiger partial charge in [0.25, 0.3) is 11.8 Å². The molecule has 4 N–H and O–H groups in total. The van der Waals surface area contributed by atoms with Gasteiger partial charge < -0.3 is 35.6 Å². The van der Waals surface area contributed by atoms with E-state index in [9.17, 15) is 28.8 Å². The molecule has 308 valence electrons. The van der Waals surface area contributed by atoms with Gasteiger partial charge in [-0.05, 0) is 67.7 Å². The van der Waals surface area contributed by atoms with E-state index in [1.807, 2.05) is 27.7 Å². The number of nitrogens with one attached hydrogen (secondary N) is 4. The number of carbonyl (C=O) groups is 6. The fourth-order valence-corrected chi connectivity index (χ4v) is 7.42. The van der Waals surface area contributed by atoms with E-state index in [-0.39, 0.29) is 37.0 Å². The van der Waals surface area contributed by atoms with Crippen LogP contribution in [0.4, 0.5) is 0 Å². The largest absolute Gasteiger partial charge is 0.497 e. The minimum Gasteiger partial charge on any atom is -0.497 e. The van der Waals surface area contributed by atoms with Crippen LogP contribution in [0, 0.1) is 11.3 Å². The van der Waals surface area contributed by atoms with E-state index in [4.69, 9.17) is 9.47 Å². The van der Waals surface area contributed by atoms with E-state index in [0.29, 0.717) is 17.9 Å². The zero-order valence-corrected chi connectivity index (χ0v) is 33.7. The summed E-state index contributed by atoms with van der Waals surface area (Å²) in [7, 11) is 1.53. The highest BCUT2D eigenvalue weighted by Crippen LogP contribution is 2.31. The number of benzene rings is 1. The molecule has 0 spiro atoms. The van der Waals surface area contributed by atoms with Crippen molar-refractivity contribution in [3.05, 3.63) is 60.7 Å². The number of methoxy groups -OCH3 is 1. The molecule has 3 aliphatic rings. The Balaban J connectivity index is 1.40. The third-order valence-electron chi connectivity index (χ3n) is 10.8. The highest BCUT2D eigenvalue weighted by Gasteiger charge is 2.47. The first kappa shape index (κ1) is 42.8. The zero-order valence-electron chi connectivity index (χ0n) is 33.7. The molecule has 2 aliphatic carbocycles. The molecule has 5 amide bonds. The molecule has 5 rings (SSSR count). The first-order valence-electron chi connectivity index (χ1n) is 20.0. The summed E-state index contributed by atoms with van der Waals surface area (Å²) >= 11 is 0. The number of hydrogen-bond donors (Lipinski definition) is 4. The SMILES string of the molecule is C=C(OC)c1ccc(O[C@@H]2C[C@@H](C(=O)N[C@@H](CCC)C(=O)C(=O)NC3CC3)N(C(=O)[C@@H](NC(=O)[C@@H](NC(=O)c3cnccn3)C3CCCCC3)C(C)(C)C)C2)cc1. The number of carbonyl (C=O) groups excluding carboxylic acids is 6. The Morgan fingerprint density at radius 1 is 0.947 bits per heavy atom. The van der Waals surface area contributed by atoms with Crippen molar-refractivity contribution in [2.45, 2.75) is 128 Å².